The molecule has 0 unspecified atom stereocenters. The van der Waals surface area contributed by atoms with Gasteiger partial charge in [0, 0.05) is 16.5 Å². The molecule has 1 aromatic carbocycles. The number of hydrogen-bond donors (Lipinski definition) is 1. The Labute approximate surface area is 126 Å². The Morgan fingerprint density at radius 3 is 2.70 bits per heavy atom. The Morgan fingerprint density at radius 2 is 2.10 bits per heavy atom. The molecule has 5 heteroatoms. The van der Waals surface area contributed by atoms with Gasteiger partial charge < -0.3 is 9.84 Å². The molecule has 1 aromatic heterocycles. The van der Waals surface area contributed by atoms with Gasteiger partial charge in [0.2, 0.25) is 5.91 Å². The molecule has 0 radical (unpaired) electrons. The van der Waals surface area contributed by atoms with Crippen molar-refractivity contribution in [1.29, 1.82) is 0 Å². The molecule has 0 saturated carbocycles. The van der Waals surface area contributed by atoms with Crippen LogP contribution in [-0.4, -0.2) is 11.1 Å². The summed E-state index contributed by atoms with van der Waals surface area (Å²) in [7, 11) is 0. The monoisotopic (exact) mass is 336 g/mol. The van der Waals surface area contributed by atoms with Gasteiger partial charge in [-0.05, 0) is 60.8 Å². The van der Waals surface area contributed by atoms with Gasteiger partial charge in [0.15, 0.2) is 0 Å². The van der Waals surface area contributed by atoms with Crippen molar-refractivity contribution < 1.29 is 9.32 Å². The molecular weight excluding hydrogens is 320 g/mol. The zero-order valence-electron chi connectivity index (χ0n) is 11.8. The summed E-state index contributed by atoms with van der Waals surface area (Å²) in [5.74, 6) is 0.765. The predicted molar refractivity (Wildman–Crippen MR) is 81.8 cm³/mol. The summed E-state index contributed by atoms with van der Waals surface area (Å²) < 4.78 is 5.98. The van der Waals surface area contributed by atoms with Crippen LogP contribution in [0, 0.1) is 20.8 Å². The second-order valence-electron chi connectivity index (χ2n) is 4.83. The van der Waals surface area contributed by atoms with Gasteiger partial charge in [-0.25, -0.2) is 0 Å². The van der Waals surface area contributed by atoms with Gasteiger partial charge in [-0.3, -0.25) is 4.79 Å². The highest BCUT2D eigenvalue weighted by Crippen LogP contribution is 2.23. The number of amides is 1. The lowest BCUT2D eigenvalue weighted by Gasteiger charge is -2.08. The Balaban J connectivity index is 1.96. The Bertz CT molecular complexity index is 615. The SMILES string of the molecule is Cc1ccc(NC(=O)CCc2c(C)noc2C)c(Br)c1. The first-order chi connectivity index (χ1) is 9.47. The summed E-state index contributed by atoms with van der Waals surface area (Å²) in [4.78, 5) is 12.0. The quantitative estimate of drug-likeness (QED) is 0.920. The number of nitrogens with one attached hydrogen (secondary N) is 1. The number of benzene rings is 1. The highest BCUT2D eigenvalue weighted by Gasteiger charge is 2.12. The van der Waals surface area contributed by atoms with E-state index in [0.717, 1.165) is 32.7 Å². The Morgan fingerprint density at radius 1 is 1.35 bits per heavy atom. The van der Waals surface area contributed by atoms with Crippen LogP contribution < -0.4 is 5.32 Å². The average Bonchev–Trinajstić information content (AvgIpc) is 2.70. The van der Waals surface area contributed by atoms with Crippen LogP contribution in [-0.2, 0) is 11.2 Å². The molecule has 106 valence electrons. The first kappa shape index (κ1) is 14.8. The summed E-state index contributed by atoms with van der Waals surface area (Å²) in [6, 6.07) is 5.84. The summed E-state index contributed by atoms with van der Waals surface area (Å²) in [6.07, 6.45) is 1.04. The molecule has 2 aromatic rings. The Kier molecular flexibility index (Phi) is 4.60. The first-order valence-electron chi connectivity index (χ1n) is 6.45. The van der Waals surface area contributed by atoms with Crippen molar-refractivity contribution in [2.45, 2.75) is 33.6 Å². The summed E-state index contributed by atoms with van der Waals surface area (Å²) in [5, 5.41) is 6.79. The van der Waals surface area contributed by atoms with Gasteiger partial charge in [0.1, 0.15) is 5.76 Å². The van der Waals surface area contributed by atoms with Crippen molar-refractivity contribution >= 4 is 27.5 Å². The van der Waals surface area contributed by atoms with Crippen LogP contribution in [0.15, 0.2) is 27.2 Å². The minimum Gasteiger partial charge on any atom is -0.361 e. The normalized spacial score (nSPS) is 10.6. The van der Waals surface area contributed by atoms with E-state index in [2.05, 4.69) is 26.4 Å². The predicted octanol–water partition coefficient (Wildman–Crippen LogP) is 3.93. The van der Waals surface area contributed by atoms with Crippen LogP contribution in [0.25, 0.3) is 0 Å². The van der Waals surface area contributed by atoms with Gasteiger partial charge >= 0.3 is 0 Å². The number of nitrogens with zero attached hydrogens (tertiary/aromatic N) is 1. The van der Waals surface area contributed by atoms with E-state index >= 15 is 0 Å². The fraction of sp³-hybridized carbons (Fsp3) is 0.333. The second-order valence-corrected chi connectivity index (χ2v) is 5.69. The maximum atomic E-state index is 12.0. The molecule has 20 heavy (non-hydrogen) atoms. The molecular formula is C15H17BrN2O2. The highest BCUT2D eigenvalue weighted by atomic mass is 79.9. The van der Waals surface area contributed by atoms with Crippen molar-refractivity contribution in [3.8, 4) is 0 Å². The van der Waals surface area contributed by atoms with Gasteiger partial charge in [0.25, 0.3) is 0 Å². The maximum absolute atomic E-state index is 12.0. The van der Waals surface area contributed by atoms with E-state index in [-0.39, 0.29) is 5.91 Å². The summed E-state index contributed by atoms with van der Waals surface area (Å²) in [6.45, 7) is 5.76. The van der Waals surface area contributed by atoms with Crippen molar-refractivity contribution in [2.75, 3.05) is 5.32 Å². The van der Waals surface area contributed by atoms with Crippen LogP contribution in [0.1, 0.15) is 29.0 Å². The van der Waals surface area contributed by atoms with Crippen LogP contribution in [0.2, 0.25) is 0 Å². The lowest BCUT2D eigenvalue weighted by Crippen LogP contribution is -2.13. The highest BCUT2D eigenvalue weighted by molar-refractivity contribution is 9.10. The molecule has 0 fully saturated rings. The van der Waals surface area contributed by atoms with Crippen LogP contribution in [0.4, 0.5) is 5.69 Å². The zero-order valence-corrected chi connectivity index (χ0v) is 13.4. The number of aryl methyl sites for hydroxylation is 3. The van der Waals surface area contributed by atoms with Gasteiger partial charge in [-0.15, -0.1) is 0 Å². The molecule has 1 N–H and O–H groups in total. The number of anilines is 1. The van der Waals surface area contributed by atoms with Gasteiger partial charge in [0.05, 0.1) is 11.4 Å². The van der Waals surface area contributed by atoms with Gasteiger partial charge in [-0.1, -0.05) is 11.2 Å². The van der Waals surface area contributed by atoms with Crippen LogP contribution >= 0.6 is 15.9 Å². The molecule has 1 amide bonds. The van der Waals surface area contributed by atoms with Gasteiger partial charge in [-0.2, -0.15) is 0 Å². The number of carbonyl (C=O) groups is 1. The molecule has 0 spiro atoms. The van der Waals surface area contributed by atoms with Crippen molar-refractivity contribution in [3.05, 3.63) is 45.3 Å². The van der Waals surface area contributed by atoms with Crippen molar-refractivity contribution in [2.24, 2.45) is 0 Å². The number of hydrogen-bond acceptors (Lipinski definition) is 3. The molecule has 0 bridgehead atoms. The first-order valence-corrected chi connectivity index (χ1v) is 7.24. The lowest BCUT2D eigenvalue weighted by atomic mass is 10.1. The largest absolute Gasteiger partial charge is 0.361 e. The average molecular weight is 337 g/mol. The van der Waals surface area contributed by atoms with Crippen molar-refractivity contribution in [3.63, 3.8) is 0 Å². The van der Waals surface area contributed by atoms with E-state index < -0.39 is 0 Å². The smallest absolute Gasteiger partial charge is 0.224 e. The molecule has 2 rings (SSSR count). The second kappa shape index (κ2) is 6.22. The van der Waals surface area contributed by atoms with Crippen LogP contribution in [0.3, 0.4) is 0 Å². The third-order valence-corrected chi connectivity index (χ3v) is 3.84. The summed E-state index contributed by atoms with van der Waals surface area (Å²) >= 11 is 3.45. The fourth-order valence-corrected chi connectivity index (χ4v) is 2.62. The molecule has 0 aliphatic rings. The molecule has 0 aliphatic heterocycles. The van der Waals surface area contributed by atoms with E-state index in [1.807, 2.05) is 39.0 Å². The molecule has 1 heterocycles. The topological polar surface area (TPSA) is 55.1 Å². The van der Waals surface area contributed by atoms with Crippen molar-refractivity contribution in [1.82, 2.24) is 5.16 Å². The standard InChI is InChI=1S/C15H17BrN2O2/c1-9-4-6-14(13(16)8-9)17-15(19)7-5-12-10(2)18-20-11(12)3/h4,6,8H,5,7H2,1-3H3,(H,17,19). The molecule has 4 nitrogen and oxygen atoms in total. The lowest BCUT2D eigenvalue weighted by molar-refractivity contribution is -0.116. The number of rotatable bonds is 4. The third-order valence-electron chi connectivity index (χ3n) is 3.18. The number of halogens is 1. The molecule has 0 aliphatic carbocycles. The van der Waals surface area contributed by atoms with E-state index in [0.29, 0.717) is 12.8 Å². The number of aromatic nitrogens is 1. The molecule has 0 atom stereocenters. The van der Waals surface area contributed by atoms with E-state index in [1.165, 1.54) is 0 Å². The fourth-order valence-electron chi connectivity index (χ4n) is 2.03. The van der Waals surface area contributed by atoms with Crippen LogP contribution in [0.5, 0.6) is 0 Å². The van der Waals surface area contributed by atoms with E-state index in [1.54, 1.807) is 0 Å². The Hall–Kier alpha value is -1.62. The third kappa shape index (κ3) is 3.48. The zero-order chi connectivity index (χ0) is 14.7. The number of carbonyl (C=O) groups excluding carboxylic acids is 1. The minimum absolute atomic E-state index is 0.0189. The van der Waals surface area contributed by atoms with E-state index in [4.69, 9.17) is 4.52 Å². The maximum Gasteiger partial charge on any atom is 0.224 e. The minimum atomic E-state index is -0.0189. The summed E-state index contributed by atoms with van der Waals surface area (Å²) in [5.41, 5.74) is 3.81. The molecule has 0 saturated heterocycles. The van der Waals surface area contributed by atoms with E-state index in [9.17, 15) is 4.79 Å².